The minimum Gasteiger partial charge on any atom is -0.444 e. The van der Waals surface area contributed by atoms with Crippen molar-refractivity contribution in [3.63, 3.8) is 0 Å². The number of anilines is 1. The lowest BCUT2D eigenvalue weighted by molar-refractivity contribution is 0.0240. The van der Waals surface area contributed by atoms with Crippen molar-refractivity contribution < 1.29 is 18.7 Å². The number of benzene rings is 1. The Hall–Kier alpha value is -2.13. The second-order valence-electron chi connectivity index (χ2n) is 9.10. The lowest BCUT2D eigenvalue weighted by Crippen LogP contribution is -2.51. The number of fused-ring (bicyclic) bond motifs is 2. The second kappa shape index (κ2) is 8.33. The molecule has 0 bridgehead atoms. The first-order valence-electron chi connectivity index (χ1n) is 10.5. The molecule has 1 aromatic heterocycles. The van der Waals surface area contributed by atoms with Crippen LogP contribution >= 0.6 is 27.5 Å². The van der Waals surface area contributed by atoms with Gasteiger partial charge in [0.25, 0.3) is 5.91 Å². The van der Waals surface area contributed by atoms with Crippen molar-refractivity contribution in [3.05, 3.63) is 32.6 Å². The molecule has 0 spiro atoms. The van der Waals surface area contributed by atoms with Gasteiger partial charge in [-0.05, 0) is 42.8 Å². The summed E-state index contributed by atoms with van der Waals surface area (Å²) in [6, 6.07) is 1.65. The summed E-state index contributed by atoms with van der Waals surface area (Å²) in [6.45, 7) is 7.79. The maximum absolute atomic E-state index is 15.1. The minimum absolute atomic E-state index is 0.148. The highest BCUT2D eigenvalue weighted by Gasteiger charge is 2.34. The van der Waals surface area contributed by atoms with Crippen LogP contribution in [0.2, 0.25) is 5.02 Å². The number of hydrogen-bond acceptors (Lipinski definition) is 5. The third-order valence-electron chi connectivity index (χ3n) is 5.66. The van der Waals surface area contributed by atoms with Crippen LogP contribution in [0.4, 0.5) is 14.9 Å². The Balaban J connectivity index is 1.77. The highest BCUT2D eigenvalue weighted by atomic mass is 79.9. The first kappa shape index (κ1) is 23.0. The molecule has 172 valence electrons. The van der Waals surface area contributed by atoms with E-state index in [-0.39, 0.29) is 27.0 Å². The van der Waals surface area contributed by atoms with Gasteiger partial charge in [-0.25, -0.2) is 14.2 Å². The average molecular weight is 528 g/mol. The van der Waals surface area contributed by atoms with Crippen molar-refractivity contribution in [2.24, 2.45) is 0 Å². The summed E-state index contributed by atoms with van der Waals surface area (Å²) in [7, 11) is 1.74. The molecule has 0 aliphatic carbocycles. The van der Waals surface area contributed by atoms with Crippen molar-refractivity contribution in [2.75, 3.05) is 44.7 Å². The number of nitrogens with zero attached hydrogens (tertiary/aromatic N) is 4. The van der Waals surface area contributed by atoms with E-state index in [0.717, 1.165) is 0 Å². The molecule has 0 atom stereocenters. The predicted octanol–water partition coefficient (Wildman–Crippen LogP) is 4.48. The molecule has 0 radical (unpaired) electrons. The van der Waals surface area contributed by atoms with Crippen LogP contribution in [-0.2, 0) is 11.2 Å². The second-order valence-corrected chi connectivity index (χ2v) is 10.3. The van der Waals surface area contributed by atoms with Crippen molar-refractivity contribution in [2.45, 2.75) is 32.8 Å². The van der Waals surface area contributed by atoms with E-state index < -0.39 is 11.4 Å². The normalized spacial score (nSPS) is 17.1. The smallest absolute Gasteiger partial charge is 0.410 e. The monoisotopic (exact) mass is 526 g/mol. The number of likely N-dealkylation sites (N-methyl/N-ethyl adjacent to an activating group) is 1. The van der Waals surface area contributed by atoms with Gasteiger partial charge >= 0.3 is 6.09 Å². The van der Waals surface area contributed by atoms with E-state index >= 15 is 4.39 Å². The maximum atomic E-state index is 15.1. The average Bonchev–Trinajstić information content (AvgIpc) is 2.73. The van der Waals surface area contributed by atoms with Gasteiger partial charge in [0.2, 0.25) is 0 Å². The minimum atomic E-state index is -0.576. The molecule has 2 amide bonds. The summed E-state index contributed by atoms with van der Waals surface area (Å²) < 4.78 is 20.7. The van der Waals surface area contributed by atoms with Crippen LogP contribution in [0.1, 0.15) is 36.8 Å². The predicted molar refractivity (Wildman–Crippen MR) is 125 cm³/mol. The quantitative estimate of drug-likeness (QED) is 0.512. The fourth-order valence-corrected chi connectivity index (χ4v) is 4.57. The van der Waals surface area contributed by atoms with Gasteiger partial charge in [-0.2, -0.15) is 0 Å². The molecule has 1 fully saturated rings. The highest BCUT2D eigenvalue weighted by Crippen LogP contribution is 2.40. The zero-order valence-corrected chi connectivity index (χ0v) is 20.8. The molecule has 0 N–H and O–H groups in total. The zero-order chi connectivity index (χ0) is 23.4. The fraction of sp³-hybridized carbons (Fsp3) is 0.500. The fourth-order valence-electron chi connectivity index (χ4n) is 4.08. The number of aromatic nitrogens is 1. The first-order valence-corrected chi connectivity index (χ1v) is 11.6. The Morgan fingerprint density at radius 1 is 1.22 bits per heavy atom. The van der Waals surface area contributed by atoms with E-state index in [1.54, 1.807) is 22.9 Å². The van der Waals surface area contributed by atoms with Crippen molar-refractivity contribution in [1.29, 1.82) is 0 Å². The third kappa shape index (κ3) is 4.12. The van der Waals surface area contributed by atoms with E-state index in [4.69, 9.17) is 16.3 Å². The van der Waals surface area contributed by atoms with Gasteiger partial charge in [0.05, 0.1) is 26.4 Å². The first-order chi connectivity index (χ1) is 15.0. The van der Waals surface area contributed by atoms with Crippen molar-refractivity contribution >= 4 is 56.1 Å². The number of pyridine rings is 1. The maximum Gasteiger partial charge on any atom is 0.410 e. The van der Waals surface area contributed by atoms with Gasteiger partial charge in [0.1, 0.15) is 11.1 Å². The van der Waals surface area contributed by atoms with Gasteiger partial charge in [0, 0.05) is 51.6 Å². The number of carbonyl (C=O) groups excluding carboxylic acids is 2. The van der Waals surface area contributed by atoms with Gasteiger partial charge in [-0.3, -0.25) is 4.79 Å². The SMILES string of the molecule is CN1CCc2nc3c(F)c(Br)c(Cl)cc3c(N3CCN(C(=O)OC(C)(C)C)CC3)c2C1=O. The molecule has 3 heterocycles. The summed E-state index contributed by atoms with van der Waals surface area (Å²) in [5, 5.41) is 0.700. The van der Waals surface area contributed by atoms with Gasteiger partial charge in [-0.15, -0.1) is 0 Å². The summed E-state index contributed by atoms with van der Waals surface area (Å²) >= 11 is 9.47. The Kier molecular flexibility index (Phi) is 6.00. The van der Waals surface area contributed by atoms with Crippen molar-refractivity contribution in [3.8, 4) is 0 Å². The molecule has 1 aromatic carbocycles. The number of amides is 2. The summed E-state index contributed by atoms with van der Waals surface area (Å²) in [5.74, 6) is -0.694. The standard InChI is InChI=1S/C22H25BrClFN4O3/c1-22(2,3)32-21(31)29-9-7-28(8-10-29)19-12-11-13(24)16(23)17(25)18(12)26-14-5-6-27(4)20(30)15(14)19/h11H,5-10H2,1-4H3. The lowest BCUT2D eigenvalue weighted by atomic mass is 9.98. The molecular weight excluding hydrogens is 503 g/mol. The topological polar surface area (TPSA) is 66.0 Å². The molecule has 4 rings (SSSR count). The highest BCUT2D eigenvalue weighted by molar-refractivity contribution is 9.10. The number of hydrogen-bond donors (Lipinski definition) is 0. The van der Waals surface area contributed by atoms with E-state index in [2.05, 4.69) is 20.9 Å². The number of halogens is 3. The molecule has 2 aromatic rings. The molecule has 0 saturated carbocycles. The van der Waals surface area contributed by atoms with Crippen LogP contribution < -0.4 is 4.90 Å². The van der Waals surface area contributed by atoms with Crippen LogP contribution in [-0.4, -0.2) is 72.2 Å². The largest absolute Gasteiger partial charge is 0.444 e. The van der Waals surface area contributed by atoms with E-state index in [1.165, 1.54) is 0 Å². The Labute approximate surface area is 199 Å². The van der Waals surface area contributed by atoms with Crippen LogP contribution in [0.3, 0.4) is 0 Å². The molecule has 0 unspecified atom stereocenters. The Morgan fingerprint density at radius 2 is 1.88 bits per heavy atom. The zero-order valence-electron chi connectivity index (χ0n) is 18.5. The van der Waals surface area contributed by atoms with Crippen LogP contribution in [0.15, 0.2) is 10.5 Å². The molecule has 2 aliphatic heterocycles. The number of ether oxygens (including phenoxy) is 1. The summed E-state index contributed by atoms with van der Waals surface area (Å²) in [4.78, 5) is 35.4. The van der Waals surface area contributed by atoms with Crippen molar-refractivity contribution in [1.82, 2.24) is 14.8 Å². The molecule has 32 heavy (non-hydrogen) atoms. The number of rotatable bonds is 1. The van der Waals surface area contributed by atoms with Gasteiger partial charge in [0.15, 0.2) is 5.82 Å². The van der Waals surface area contributed by atoms with E-state index in [9.17, 15) is 9.59 Å². The number of piperazine rings is 1. The third-order valence-corrected chi connectivity index (χ3v) is 6.96. The molecule has 2 aliphatic rings. The van der Waals surface area contributed by atoms with Gasteiger partial charge < -0.3 is 19.4 Å². The Morgan fingerprint density at radius 3 is 2.50 bits per heavy atom. The Bertz CT molecular complexity index is 1110. The van der Waals surface area contributed by atoms with Gasteiger partial charge in [-0.1, -0.05) is 11.6 Å². The lowest BCUT2D eigenvalue weighted by Gasteiger charge is -2.39. The molecule has 7 nitrogen and oxygen atoms in total. The summed E-state index contributed by atoms with van der Waals surface area (Å²) in [6.07, 6.45) is 0.172. The van der Waals surface area contributed by atoms with E-state index in [0.29, 0.717) is 61.5 Å². The molecular formula is C22H25BrClFN4O3. The van der Waals surface area contributed by atoms with Crippen LogP contribution in [0.5, 0.6) is 0 Å². The van der Waals surface area contributed by atoms with E-state index in [1.807, 2.05) is 25.7 Å². The number of carbonyl (C=O) groups is 2. The summed E-state index contributed by atoms with van der Waals surface area (Å²) in [5.41, 5.74) is 1.29. The molecule has 10 heteroatoms. The van der Waals surface area contributed by atoms with Crippen LogP contribution in [0, 0.1) is 5.82 Å². The van der Waals surface area contributed by atoms with Crippen LogP contribution in [0.25, 0.3) is 10.9 Å². The molecule has 1 saturated heterocycles.